The van der Waals surface area contributed by atoms with E-state index in [1.165, 1.54) is 4.68 Å². The Bertz CT molecular complexity index is 2080. The summed E-state index contributed by atoms with van der Waals surface area (Å²) in [7, 11) is 0. The molecule has 0 spiro atoms. The molecule has 2 aromatic heterocycles. The molecule has 14 heteroatoms. The summed E-state index contributed by atoms with van der Waals surface area (Å²) in [6.07, 6.45) is -11.6. The smallest absolute Gasteiger partial charge is 0.418 e. The Labute approximate surface area is 306 Å². The van der Waals surface area contributed by atoms with E-state index in [0.717, 1.165) is 17.2 Å². The summed E-state index contributed by atoms with van der Waals surface area (Å²) in [5, 5.41) is 15.6. The number of esters is 1. The first-order valence-corrected chi connectivity index (χ1v) is 17.3. The maximum absolute atomic E-state index is 14.8. The number of aliphatic hydroxyl groups is 1. The van der Waals surface area contributed by atoms with Gasteiger partial charge in [0.25, 0.3) is 0 Å². The van der Waals surface area contributed by atoms with E-state index in [2.05, 4.69) is 4.98 Å². The number of aliphatic hydroxyl groups excluding tert-OH is 1. The average Bonchev–Trinajstić information content (AvgIpc) is 3.52. The Hall–Kier alpha value is -5.50. The molecule has 5 aromatic rings. The molecule has 1 saturated heterocycles. The molecule has 1 aliphatic heterocycles. The van der Waals surface area contributed by atoms with E-state index in [1.807, 2.05) is 36.4 Å². The lowest BCUT2D eigenvalue weighted by Crippen LogP contribution is -2.43. The highest BCUT2D eigenvalue weighted by Gasteiger charge is 2.54. The van der Waals surface area contributed by atoms with Crippen molar-refractivity contribution in [2.24, 2.45) is 0 Å². The molecular weight excluding hydrogens is 714 g/mol. The maximum Gasteiger partial charge on any atom is 0.418 e. The van der Waals surface area contributed by atoms with Gasteiger partial charge in [0.15, 0.2) is 5.78 Å². The van der Waals surface area contributed by atoms with Crippen LogP contribution < -0.4 is 4.90 Å². The van der Waals surface area contributed by atoms with Crippen LogP contribution in [0.5, 0.6) is 0 Å². The van der Waals surface area contributed by atoms with Gasteiger partial charge in [-0.3, -0.25) is 9.48 Å². The number of ketones is 1. The summed E-state index contributed by atoms with van der Waals surface area (Å²) in [5.41, 5.74) is 0.0385. The summed E-state index contributed by atoms with van der Waals surface area (Å²) in [6.45, 7) is 0.0654. The molecule has 0 unspecified atom stereocenters. The van der Waals surface area contributed by atoms with Gasteiger partial charge in [0.2, 0.25) is 0 Å². The number of hydrogen-bond donors (Lipinski definition) is 1. The van der Waals surface area contributed by atoms with E-state index in [1.54, 1.807) is 59.5 Å². The zero-order chi connectivity index (χ0) is 38.2. The molecule has 0 saturated carbocycles. The highest BCUT2D eigenvalue weighted by atomic mass is 19.4. The number of Topliss-reactive ketones (excluding diaryl/α,β-unsaturated/α-hetero) is 1. The molecule has 8 nitrogen and oxygen atoms in total. The number of benzene rings is 3. The van der Waals surface area contributed by atoms with Crippen molar-refractivity contribution in [1.82, 2.24) is 14.8 Å². The van der Waals surface area contributed by atoms with Crippen LogP contribution in [-0.2, 0) is 28.7 Å². The molecule has 54 heavy (non-hydrogen) atoms. The number of rotatable bonds is 8. The number of fused-ring (bicyclic) bond motifs is 1. The number of pyridine rings is 1. The molecular formula is C40H34F6N4O4. The van der Waals surface area contributed by atoms with E-state index in [0.29, 0.717) is 11.8 Å². The topological polar surface area (TPSA) is 97.5 Å². The molecule has 1 aliphatic carbocycles. The predicted octanol–water partition coefficient (Wildman–Crippen LogP) is 7.81. The summed E-state index contributed by atoms with van der Waals surface area (Å²) in [5.74, 6) is -5.14. The lowest BCUT2D eigenvalue weighted by atomic mass is 9.78. The Morgan fingerprint density at radius 3 is 2.00 bits per heavy atom. The highest BCUT2D eigenvalue weighted by molar-refractivity contribution is 5.92. The fraction of sp³-hybridized carbons (Fsp3) is 0.300. The van der Waals surface area contributed by atoms with Gasteiger partial charge in [-0.2, -0.15) is 31.4 Å². The lowest BCUT2D eigenvalue weighted by molar-refractivity contribution is -0.179. The molecule has 3 aromatic carbocycles. The minimum Gasteiger partial charge on any atom is -0.457 e. The van der Waals surface area contributed by atoms with Crippen molar-refractivity contribution >= 4 is 17.6 Å². The normalized spacial score (nSPS) is 18.1. The van der Waals surface area contributed by atoms with Gasteiger partial charge >= 0.3 is 18.3 Å². The number of halogens is 6. The summed E-state index contributed by atoms with van der Waals surface area (Å²) in [6, 6.07) is 27.0. The second kappa shape index (κ2) is 14.7. The molecule has 280 valence electrons. The van der Waals surface area contributed by atoms with Crippen LogP contribution in [0.2, 0.25) is 0 Å². The van der Waals surface area contributed by atoms with E-state index in [-0.39, 0.29) is 55.3 Å². The van der Waals surface area contributed by atoms with E-state index < -0.39 is 65.6 Å². The van der Waals surface area contributed by atoms with Gasteiger partial charge in [-0.1, -0.05) is 91.0 Å². The Balaban J connectivity index is 1.23. The first-order valence-electron chi connectivity index (χ1n) is 17.3. The third kappa shape index (κ3) is 7.34. The zero-order valence-corrected chi connectivity index (χ0v) is 28.6. The van der Waals surface area contributed by atoms with Gasteiger partial charge in [-0.05, 0) is 35.6 Å². The van der Waals surface area contributed by atoms with Crippen LogP contribution in [0.3, 0.4) is 0 Å². The SMILES string of the molecule is O=C(OCc1ccccc1)c1cc(N2CCC(c3nn(C(c4ccccc4)c4ccccc4)c4c3[C@@H](C(F)(F)F)[C@@H](O)C(=O)C4)CC2)ncc1C(F)(F)F. The van der Waals surface area contributed by atoms with E-state index in [9.17, 15) is 41.0 Å². The average molecular weight is 749 g/mol. The van der Waals surface area contributed by atoms with Gasteiger partial charge in [-0.15, -0.1) is 0 Å². The largest absolute Gasteiger partial charge is 0.457 e. The Kier molecular flexibility index (Phi) is 10.1. The number of ether oxygens (including phenoxy) is 1. The number of nitrogens with zero attached hydrogens (tertiary/aromatic N) is 4. The fourth-order valence-electron chi connectivity index (χ4n) is 7.43. The van der Waals surface area contributed by atoms with Crippen LogP contribution in [0.1, 0.15) is 80.3 Å². The van der Waals surface area contributed by atoms with Gasteiger partial charge < -0.3 is 14.7 Å². The highest BCUT2D eigenvalue weighted by Crippen LogP contribution is 2.48. The second-order valence-corrected chi connectivity index (χ2v) is 13.4. The summed E-state index contributed by atoms with van der Waals surface area (Å²) in [4.78, 5) is 31.7. The molecule has 3 heterocycles. The lowest BCUT2D eigenvalue weighted by Gasteiger charge is -2.35. The van der Waals surface area contributed by atoms with Crippen LogP contribution in [0.25, 0.3) is 0 Å². The molecule has 0 bridgehead atoms. The van der Waals surface area contributed by atoms with Crippen molar-refractivity contribution in [2.45, 2.75) is 62.2 Å². The molecule has 2 aliphatic rings. The first-order chi connectivity index (χ1) is 25.8. The van der Waals surface area contributed by atoms with Gasteiger partial charge in [0, 0.05) is 30.8 Å². The van der Waals surface area contributed by atoms with E-state index >= 15 is 0 Å². The maximum atomic E-state index is 14.8. The number of alkyl halides is 6. The standard InChI is InChI=1S/C40H34F6N4O4/c41-39(42,43)29-22-47-32(20-28(29)38(53)54-23-24-10-4-1-5-11-24)49-18-16-25(17-19-49)35-33-30(21-31(51)37(52)34(33)40(44,45)46)50(48-35)36(26-12-6-2-7-13-26)27-14-8-3-9-15-27/h1-15,20,22,25,34,36-37,52H,16-19,21,23H2/t34-,37+/m1/s1. The number of hydrogen-bond acceptors (Lipinski definition) is 7. The first kappa shape index (κ1) is 36.8. The van der Waals surface area contributed by atoms with Gasteiger partial charge in [0.05, 0.1) is 28.9 Å². The number of carbonyl (C=O) groups excluding carboxylic acids is 2. The van der Waals surface area contributed by atoms with Crippen molar-refractivity contribution < 1.29 is 45.8 Å². The van der Waals surface area contributed by atoms with Crippen LogP contribution in [0.15, 0.2) is 103 Å². The molecule has 1 N–H and O–H groups in total. The summed E-state index contributed by atoms with van der Waals surface area (Å²) < 4.78 is 93.1. The number of piperidine rings is 1. The number of anilines is 1. The number of carbonyl (C=O) groups is 2. The van der Waals surface area contributed by atoms with Gasteiger partial charge in [0.1, 0.15) is 30.5 Å². The Morgan fingerprint density at radius 1 is 0.870 bits per heavy atom. The quantitative estimate of drug-likeness (QED) is 0.128. The second-order valence-electron chi connectivity index (χ2n) is 13.4. The Morgan fingerprint density at radius 2 is 1.44 bits per heavy atom. The van der Waals surface area contributed by atoms with Crippen molar-refractivity contribution in [3.8, 4) is 0 Å². The minimum absolute atomic E-state index is 0.0723. The molecule has 1 fully saturated rings. The van der Waals surface area contributed by atoms with Crippen molar-refractivity contribution in [3.63, 3.8) is 0 Å². The van der Waals surface area contributed by atoms with Crippen LogP contribution >= 0.6 is 0 Å². The van der Waals surface area contributed by atoms with Crippen LogP contribution in [-0.4, -0.2) is 57.0 Å². The van der Waals surface area contributed by atoms with Crippen molar-refractivity contribution in [1.29, 1.82) is 0 Å². The third-order valence-corrected chi connectivity index (χ3v) is 10.0. The van der Waals surface area contributed by atoms with Crippen molar-refractivity contribution in [2.75, 3.05) is 18.0 Å². The summed E-state index contributed by atoms with van der Waals surface area (Å²) >= 11 is 0. The zero-order valence-electron chi connectivity index (χ0n) is 28.6. The number of aromatic nitrogens is 3. The monoisotopic (exact) mass is 748 g/mol. The minimum atomic E-state index is -4.97. The van der Waals surface area contributed by atoms with Crippen molar-refractivity contribution in [3.05, 3.63) is 148 Å². The van der Waals surface area contributed by atoms with E-state index in [4.69, 9.17) is 9.84 Å². The predicted molar refractivity (Wildman–Crippen MR) is 185 cm³/mol. The fourth-order valence-corrected chi connectivity index (χ4v) is 7.43. The van der Waals surface area contributed by atoms with Crippen LogP contribution in [0, 0.1) is 0 Å². The third-order valence-electron chi connectivity index (χ3n) is 10.0. The molecule has 0 radical (unpaired) electrons. The van der Waals surface area contributed by atoms with Gasteiger partial charge in [-0.25, -0.2) is 9.78 Å². The molecule has 2 atom stereocenters. The molecule has 7 rings (SSSR count). The van der Waals surface area contributed by atoms with Crippen LogP contribution in [0.4, 0.5) is 32.2 Å². The molecule has 0 amide bonds.